The number of pyridine rings is 1. The Balaban J connectivity index is 1.92. The van der Waals surface area contributed by atoms with E-state index in [1.165, 1.54) is 3.97 Å². The highest BCUT2D eigenvalue weighted by molar-refractivity contribution is 7.90. The molecule has 0 radical (unpaired) electrons. The Bertz CT molecular complexity index is 1020. The van der Waals surface area contributed by atoms with Gasteiger partial charge in [0.25, 0.3) is 10.0 Å². The van der Waals surface area contributed by atoms with Gasteiger partial charge in [-0.25, -0.2) is 12.4 Å². The molecule has 0 amide bonds. The van der Waals surface area contributed by atoms with Gasteiger partial charge in [-0.15, -0.1) is 0 Å². The summed E-state index contributed by atoms with van der Waals surface area (Å²) in [7, 11) is -3.64. The Labute approximate surface area is 147 Å². The third-order valence-electron chi connectivity index (χ3n) is 5.01. The molecule has 0 aliphatic carbocycles. The summed E-state index contributed by atoms with van der Waals surface area (Å²) in [5.41, 5.74) is 2.54. The van der Waals surface area contributed by atoms with Crippen molar-refractivity contribution in [3.8, 4) is 0 Å². The number of nitrogens with zero attached hydrogens (tertiary/aromatic N) is 2. The minimum Gasteiger partial charge on any atom is -0.317 e. The molecule has 3 aromatic rings. The van der Waals surface area contributed by atoms with Gasteiger partial charge in [-0.3, -0.25) is 4.98 Å². The first kappa shape index (κ1) is 16.3. The number of benzene rings is 1. The SMILES string of the molecule is Cc1ccccc1S(=O)(=O)n1cc(C2CCNCC2)c2cnccc21. The number of aryl methyl sites for hydroxylation is 1. The molecule has 4 rings (SSSR count). The second kappa shape index (κ2) is 6.28. The van der Waals surface area contributed by atoms with E-state index in [2.05, 4.69) is 10.3 Å². The zero-order valence-corrected chi connectivity index (χ0v) is 15.0. The van der Waals surface area contributed by atoms with Crippen LogP contribution < -0.4 is 5.32 Å². The minimum atomic E-state index is -3.64. The van der Waals surface area contributed by atoms with E-state index in [0.29, 0.717) is 16.3 Å². The quantitative estimate of drug-likeness (QED) is 0.784. The van der Waals surface area contributed by atoms with Gasteiger partial charge in [0.05, 0.1) is 10.4 Å². The molecule has 3 heterocycles. The standard InChI is InChI=1S/C19H21N3O2S/c1-14-4-2-3-5-19(14)25(23,24)22-13-17(15-6-9-20-10-7-15)16-12-21-11-8-18(16)22/h2-5,8,11-13,15,20H,6-7,9-10H2,1H3. The maximum atomic E-state index is 13.3. The van der Waals surface area contributed by atoms with Gasteiger partial charge in [-0.1, -0.05) is 18.2 Å². The second-order valence-corrected chi connectivity index (χ2v) is 8.35. The predicted octanol–water partition coefficient (Wildman–Crippen LogP) is 3.05. The average Bonchev–Trinajstić information content (AvgIpc) is 3.03. The maximum Gasteiger partial charge on any atom is 0.268 e. The Kier molecular flexibility index (Phi) is 4.09. The van der Waals surface area contributed by atoms with E-state index in [0.717, 1.165) is 42.4 Å². The van der Waals surface area contributed by atoms with E-state index >= 15 is 0 Å². The van der Waals surface area contributed by atoms with Crippen LogP contribution in [-0.2, 0) is 10.0 Å². The van der Waals surface area contributed by atoms with Gasteiger partial charge in [0.2, 0.25) is 0 Å². The lowest BCUT2D eigenvalue weighted by Gasteiger charge is -2.22. The van der Waals surface area contributed by atoms with Crippen molar-refractivity contribution in [2.24, 2.45) is 0 Å². The number of fused-ring (bicyclic) bond motifs is 1. The van der Waals surface area contributed by atoms with Crippen LogP contribution in [0.1, 0.15) is 29.9 Å². The summed E-state index contributed by atoms with van der Waals surface area (Å²) in [6.45, 7) is 3.75. The Morgan fingerprint density at radius 2 is 1.92 bits per heavy atom. The first-order valence-electron chi connectivity index (χ1n) is 8.56. The molecule has 0 saturated carbocycles. The third kappa shape index (κ3) is 2.75. The fourth-order valence-electron chi connectivity index (χ4n) is 3.68. The largest absolute Gasteiger partial charge is 0.317 e. The van der Waals surface area contributed by atoms with Crippen LogP contribution in [0.3, 0.4) is 0 Å². The topological polar surface area (TPSA) is 64.0 Å². The van der Waals surface area contributed by atoms with Crippen molar-refractivity contribution in [2.45, 2.75) is 30.6 Å². The van der Waals surface area contributed by atoms with Crippen molar-refractivity contribution in [3.63, 3.8) is 0 Å². The lowest BCUT2D eigenvalue weighted by Crippen LogP contribution is -2.26. The normalized spacial score (nSPS) is 16.4. The van der Waals surface area contributed by atoms with Crippen LogP contribution in [0.15, 0.2) is 53.8 Å². The average molecular weight is 355 g/mol. The molecule has 0 atom stereocenters. The zero-order chi connectivity index (χ0) is 17.4. The molecule has 1 N–H and O–H groups in total. The number of hydrogen-bond donors (Lipinski definition) is 1. The molecular weight excluding hydrogens is 334 g/mol. The lowest BCUT2D eigenvalue weighted by atomic mass is 9.90. The Morgan fingerprint density at radius 1 is 1.16 bits per heavy atom. The molecule has 0 spiro atoms. The van der Waals surface area contributed by atoms with Gasteiger partial charge in [-0.05, 0) is 62.0 Å². The van der Waals surface area contributed by atoms with Crippen molar-refractivity contribution < 1.29 is 8.42 Å². The monoisotopic (exact) mass is 355 g/mol. The predicted molar refractivity (Wildman–Crippen MR) is 98.3 cm³/mol. The van der Waals surface area contributed by atoms with Crippen molar-refractivity contribution in [2.75, 3.05) is 13.1 Å². The summed E-state index contributed by atoms with van der Waals surface area (Å²) in [5, 5.41) is 4.30. The molecular formula is C19H21N3O2S. The van der Waals surface area contributed by atoms with Crippen LogP contribution in [-0.4, -0.2) is 30.5 Å². The number of piperidine rings is 1. The molecule has 1 fully saturated rings. The van der Waals surface area contributed by atoms with Gasteiger partial charge >= 0.3 is 0 Å². The number of hydrogen-bond acceptors (Lipinski definition) is 4. The van der Waals surface area contributed by atoms with E-state index < -0.39 is 10.0 Å². The molecule has 5 nitrogen and oxygen atoms in total. The maximum absolute atomic E-state index is 13.3. The summed E-state index contributed by atoms with van der Waals surface area (Å²) in [6, 6.07) is 8.90. The third-order valence-corrected chi connectivity index (χ3v) is 6.85. The summed E-state index contributed by atoms with van der Waals surface area (Å²) in [4.78, 5) is 4.58. The number of aromatic nitrogens is 2. The first-order chi connectivity index (χ1) is 12.1. The van der Waals surface area contributed by atoms with E-state index in [1.54, 1.807) is 30.6 Å². The van der Waals surface area contributed by atoms with Crippen molar-refractivity contribution in [1.82, 2.24) is 14.3 Å². The smallest absolute Gasteiger partial charge is 0.268 e. The van der Waals surface area contributed by atoms with Crippen LogP contribution in [0.2, 0.25) is 0 Å². The highest BCUT2D eigenvalue weighted by Gasteiger charge is 2.26. The van der Waals surface area contributed by atoms with Gasteiger partial charge in [0.1, 0.15) is 0 Å². The Morgan fingerprint density at radius 3 is 2.68 bits per heavy atom. The highest BCUT2D eigenvalue weighted by Crippen LogP contribution is 2.34. The zero-order valence-electron chi connectivity index (χ0n) is 14.1. The highest BCUT2D eigenvalue weighted by atomic mass is 32.2. The molecule has 1 aromatic carbocycles. The fraction of sp³-hybridized carbons (Fsp3) is 0.316. The molecule has 0 bridgehead atoms. The molecule has 130 valence electrons. The van der Waals surface area contributed by atoms with Gasteiger partial charge in [-0.2, -0.15) is 0 Å². The molecule has 25 heavy (non-hydrogen) atoms. The van der Waals surface area contributed by atoms with Crippen LogP contribution in [0.25, 0.3) is 10.9 Å². The van der Waals surface area contributed by atoms with Gasteiger partial charge in [0.15, 0.2) is 0 Å². The fourth-order valence-corrected chi connectivity index (χ4v) is 5.28. The Hall–Kier alpha value is -2.18. The molecule has 2 aromatic heterocycles. The van der Waals surface area contributed by atoms with Crippen LogP contribution in [0, 0.1) is 6.92 Å². The number of rotatable bonds is 3. The van der Waals surface area contributed by atoms with Crippen molar-refractivity contribution in [3.05, 3.63) is 60.0 Å². The lowest BCUT2D eigenvalue weighted by molar-refractivity contribution is 0.462. The van der Waals surface area contributed by atoms with Gasteiger partial charge in [0, 0.05) is 24.0 Å². The summed E-state index contributed by atoms with van der Waals surface area (Å²) in [6.07, 6.45) is 7.27. The summed E-state index contributed by atoms with van der Waals surface area (Å²) in [5.74, 6) is 0.362. The molecule has 1 aliphatic heterocycles. The minimum absolute atomic E-state index is 0.348. The van der Waals surface area contributed by atoms with E-state index in [-0.39, 0.29) is 0 Å². The van der Waals surface area contributed by atoms with Crippen molar-refractivity contribution >= 4 is 20.9 Å². The van der Waals surface area contributed by atoms with E-state index in [9.17, 15) is 8.42 Å². The van der Waals surface area contributed by atoms with Crippen LogP contribution >= 0.6 is 0 Å². The van der Waals surface area contributed by atoms with Crippen LogP contribution in [0.5, 0.6) is 0 Å². The molecule has 1 saturated heterocycles. The molecule has 6 heteroatoms. The molecule has 1 aliphatic rings. The summed E-state index contributed by atoms with van der Waals surface area (Å²) < 4.78 is 28.0. The number of nitrogens with one attached hydrogen (secondary N) is 1. The van der Waals surface area contributed by atoms with Crippen molar-refractivity contribution in [1.29, 1.82) is 0 Å². The van der Waals surface area contributed by atoms with E-state index in [4.69, 9.17) is 0 Å². The van der Waals surface area contributed by atoms with E-state index in [1.807, 2.05) is 25.3 Å². The summed E-state index contributed by atoms with van der Waals surface area (Å²) >= 11 is 0. The van der Waals surface area contributed by atoms with Gasteiger partial charge < -0.3 is 5.32 Å². The van der Waals surface area contributed by atoms with Crippen LogP contribution in [0.4, 0.5) is 0 Å². The second-order valence-electron chi connectivity index (χ2n) is 6.57. The molecule has 0 unspecified atom stereocenters. The first-order valence-corrected chi connectivity index (χ1v) is 10.00.